The molecule has 5 aromatic carbocycles. The molecule has 0 N–H and O–H groups in total. The zero-order valence-corrected chi connectivity index (χ0v) is 19.0. The van der Waals surface area contributed by atoms with E-state index < -0.39 is 0 Å². The minimum absolute atomic E-state index is 0.130. The van der Waals surface area contributed by atoms with Crippen LogP contribution in [0.4, 0.5) is 8.78 Å². The predicted molar refractivity (Wildman–Crippen MR) is 131 cm³/mol. The van der Waals surface area contributed by atoms with Crippen LogP contribution in [0.5, 0.6) is 0 Å². The first-order chi connectivity index (χ1) is 15.6. The van der Waals surface area contributed by atoms with E-state index in [-0.39, 0.29) is 22.5 Å². The molecule has 1 unspecified atom stereocenters. The van der Waals surface area contributed by atoms with Crippen molar-refractivity contribution in [1.29, 1.82) is 0 Å². The summed E-state index contributed by atoms with van der Waals surface area (Å²) in [6.07, 6.45) is 0. The van der Waals surface area contributed by atoms with Crippen molar-refractivity contribution in [3.63, 3.8) is 0 Å². The lowest BCUT2D eigenvalue weighted by Crippen LogP contribution is -2.01. The zero-order valence-electron chi connectivity index (χ0n) is 17.4. The third kappa shape index (κ3) is 3.13. The molecule has 0 bridgehead atoms. The van der Waals surface area contributed by atoms with Crippen LogP contribution in [0.3, 0.4) is 0 Å². The van der Waals surface area contributed by atoms with E-state index in [2.05, 4.69) is 43.3 Å². The SMILES string of the molecule is Cc1c2cccc(Sc3ccc(F)cc3)c2c2c3c(cccc13)[S+](c1ccc(F)cc1)C2. The van der Waals surface area contributed by atoms with Crippen LogP contribution in [0.25, 0.3) is 21.5 Å². The van der Waals surface area contributed by atoms with Crippen LogP contribution in [0.15, 0.2) is 105 Å². The zero-order chi connectivity index (χ0) is 21.8. The molecule has 1 heterocycles. The fraction of sp³-hybridized carbons (Fsp3) is 0.0714. The summed E-state index contributed by atoms with van der Waals surface area (Å²) in [5.41, 5.74) is 2.65. The molecule has 156 valence electrons. The summed E-state index contributed by atoms with van der Waals surface area (Å²) in [6, 6.07) is 26.7. The maximum Gasteiger partial charge on any atom is 0.169 e. The molecular weight excluding hydrogens is 438 g/mol. The smallest absolute Gasteiger partial charge is 0.169 e. The second kappa shape index (κ2) is 7.65. The van der Waals surface area contributed by atoms with Gasteiger partial charge in [0.25, 0.3) is 0 Å². The average Bonchev–Trinajstić information content (AvgIpc) is 3.20. The van der Waals surface area contributed by atoms with Gasteiger partial charge in [0.1, 0.15) is 17.4 Å². The van der Waals surface area contributed by atoms with E-state index in [1.807, 2.05) is 24.3 Å². The maximum atomic E-state index is 13.6. The number of rotatable bonds is 3. The van der Waals surface area contributed by atoms with E-state index in [0.717, 1.165) is 10.6 Å². The van der Waals surface area contributed by atoms with E-state index in [9.17, 15) is 8.78 Å². The fourth-order valence-corrected chi connectivity index (χ4v) is 8.02. The van der Waals surface area contributed by atoms with Crippen molar-refractivity contribution in [2.45, 2.75) is 32.3 Å². The molecule has 0 nitrogen and oxygen atoms in total. The Bertz CT molecular complexity index is 1490. The largest absolute Gasteiger partial charge is 0.207 e. The van der Waals surface area contributed by atoms with Crippen molar-refractivity contribution in [3.8, 4) is 0 Å². The lowest BCUT2D eigenvalue weighted by Gasteiger charge is -2.13. The molecule has 32 heavy (non-hydrogen) atoms. The summed E-state index contributed by atoms with van der Waals surface area (Å²) >= 11 is 1.68. The lowest BCUT2D eigenvalue weighted by atomic mass is 9.93. The number of hydrogen-bond acceptors (Lipinski definition) is 1. The maximum absolute atomic E-state index is 13.6. The third-order valence-electron chi connectivity index (χ3n) is 6.16. The first kappa shape index (κ1) is 19.8. The van der Waals surface area contributed by atoms with Gasteiger partial charge in [-0.3, -0.25) is 0 Å². The molecule has 4 heteroatoms. The summed E-state index contributed by atoms with van der Waals surface area (Å²) in [4.78, 5) is 4.72. The Balaban J connectivity index is 1.59. The molecule has 0 fully saturated rings. The fourth-order valence-electron chi connectivity index (χ4n) is 4.68. The van der Waals surface area contributed by atoms with Gasteiger partial charge in [0, 0.05) is 26.1 Å². The summed E-state index contributed by atoms with van der Waals surface area (Å²) in [5, 5.41) is 5.20. The molecule has 0 aliphatic carbocycles. The lowest BCUT2D eigenvalue weighted by molar-refractivity contribution is 0.626. The molecule has 0 saturated carbocycles. The molecule has 0 amide bonds. The van der Waals surface area contributed by atoms with Crippen LogP contribution in [0.2, 0.25) is 0 Å². The molecular formula is C28H19F2S2+. The highest BCUT2D eigenvalue weighted by molar-refractivity contribution is 7.99. The molecule has 6 rings (SSSR count). The topological polar surface area (TPSA) is 0 Å². The Morgan fingerprint density at radius 2 is 1.34 bits per heavy atom. The molecule has 0 spiro atoms. The summed E-state index contributed by atoms with van der Waals surface area (Å²) in [5.74, 6) is 0.492. The van der Waals surface area contributed by atoms with Gasteiger partial charge in [-0.1, -0.05) is 36.0 Å². The minimum Gasteiger partial charge on any atom is -0.207 e. The van der Waals surface area contributed by atoms with Crippen molar-refractivity contribution < 1.29 is 8.78 Å². The summed E-state index contributed by atoms with van der Waals surface area (Å²) in [6.45, 7) is 2.20. The highest BCUT2D eigenvalue weighted by Gasteiger charge is 2.38. The Hall–Kier alpha value is -2.82. The van der Waals surface area contributed by atoms with Gasteiger partial charge in [-0.2, -0.15) is 0 Å². The van der Waals surface area contributed by atoms with Gasteiger partial charge in [0.15, 0.2) is 9.79 Å². The first-order valence-electron chi connectivity index (χ1n) is 10.5. The number of benzene rings is 5. The Morgan fingerprint density at radius 1 is 0.719 bits per heavy atom. The number of aryl methyl sites for hydroxylation is 1. The van der Waals surface area contributed by atoms with E-state index in [1.165, 1.54) is 59.5 Å². The second-order valence-corrected chi connectivity index (χ2v) is 11.1. The van der Waals surface area contributed by atoms with Crippen LogP contribution in [0.1, 0.15) is 11.1 Å². The quantitative estimate of drug-likeness (QED) is 0.194. The van der Waals surface area contributed by atoms with E-state index in [0.29, 0.717) is 0 Å². The van der Waals surface area contributed by atoms with E-state index in [4.69, 9.17) is 0 Å². The van der Waals surface area contributed by atoms with Crippen molar-refractivity contribution in [3.05, 3.63) is 108 Å². The molecule has 1 aliphatic rings. The minimum atomic E-state index is -0.222. The monoisotopic (exact) mass is 457 g/mol. The highest BCUT2D eigenvalue weighted by atomic mass is 32.2. The van der Waals surface area contributed by atoms with Crippen LogP contribution >= 0.6 is 11.8 Å². The molecule has 1 atom stereocenters. The molecule has 0 saturated heterocycles. The molecule has 1 aliphatic heterocycles. The second-order valence-electron chi connectivity index (χ2n) is 8.01. The molecule has 5 aromatic rings. The summed E-state index contributed by atoms with van der Waals surface area (Å²) in [7, 11) is -0.130. The van der Waals surface area contributed by atoms with Gasteiger partial charge in [-0.15, -0.1) is 0 Å². The van der Waals surface area contributed by atoms with E-state index in [1.54, 1.807) is 23.9 Å². The van der Waals surface area contributed by atoms with Crippen LogP contribution < -0.4 is 0 Å². The van der Waals surface area contributed by atoms with Gasteiger partial charge >= 0.3 is 0 Å². The van der Waals surface area contributed by atoms with Crippen molar-refractivity contribution in [1.82, 2.24) is 0 Å². The van der Waals surface area contributed by atoms with Crippen LogP contribution in [-0.2, 0) is 16.6 Å². The standard InChI is InChI=1S/C28H19F2S2/c1-17-22-4-2-6-25(31-20-12-8-18(29)9-13-20)27(22)24-16-32(21-14-10-19(30)11-15-21)26-7-3-5-23(17)28(24)26/h2-15H,16H2,1H3/q+1. The third-order valence-corrected chi connectivity index (χ3v) is 9.52. The Morgan fingerprint density at radius 3 is 2.06 bits per heavy atom. The van der Waals surface area contributed by atoms with Crippen molar-refractivity contribution >= 4 is 44.2 Å². The van der Waals surface area contributed by atoms with Crippen molar-refractivity contribution in [2.75, 3.05) is 0 Å². The van der Waals surface area contributed by atoms with Crippen molar-refractivity contribution in [2.24, 2.45) is 0 Å². The first-order valence-corrected chi connectivity index (χ1v) is 12.7. The Kier molecular flexibility index (Phi) is 4.74. The van der Waals surface area contributed by atoms with E-state index >= 15 is 0 Å². The number of hydrogen-bond donors (Lipinski definition) is 0. The van der Waals surface area contributed by atoms with Gasteiger partial charge < -0.3 is 0 Å². The Labute approximate surface area is 192 Å². The predicted octanol–water partition coefficient (Wildman–Crippen LogP) is 8.28. The molecule has 0 radical (unpaired) electrons. The van der Waals surface area contributed by atoms with Gasteiger partial charge in [-0.05, 0) is 83.9 Å². The van der Waals surface area contributed by atoms with Gasteiger partial charge in [-0.25, -0.2) is 8.78 Å². The van der Waals surface area contributed by atoms with Crippen LogP contribution in [-0.4, -0.2) is 0 Å². The number of fused-ring (bicyclic) bond motifs is 2. The van der Waals surface area contributed by atoms with Gasteiger partial charge in [0.2, 0.25) is 0 Å². The number of halogens is 2. The molecule has 0 aromatic heterocycles. The summed E-state index contributed by atoms with van der Waals surface area (Å²) < 4.78 is 27.0. The average molecular weight is 458 g/mol. The highest BCUT2D eigenvalue weighted by Crippen LogP contribution is 2.48. The normalized spacial score (nSPS) is 15.0. The van der Waals surface area contributed by atoms with Gasteiger partial charge in [0.05, 0.1) is 10.9 Å². The van der Waals surface area contributed by atoms with Crippen LogP contribution in [0, 0.1) is 18.6 Å².